The lowest BCUT2D eigenvalue weighted by atomic mass is 10.0. The number of ether oxygens (including phenoxy) is 1. The number of hydrogen-bond donors (Lipinski definition) is 0. The van der Waals surface area contributed by atoms with Gasteiger partial charge in [0, 0.05) is 8.95 Å². The fourth-order valence-corrected chi connectivity index (χ4v) is 2.70. The summed E-state index contributed by atoms with van der Waals surface area (Å²) in [6.45, 7) is 6.12. The van der Waals surface area contributed by atoms with Gasteiger partial charge >= 0.3 is 5.97 Å². The van der Waals surface area contributed by atoms with Crippen molar-refractivity contribution in [2.75, 3.05) is 0 Å². The van der Waals surface area contributed by atoms with Crippen molar-refractivity contribution in [2.45, 2.75) is 26.7 Å². The van der Waals surface area contributed by atoms with Gasteiger partial charge in [-0.2, -0.15) is 0 Å². The van der Waals surface area contributed by atoms with E-state index in [-0.39, 0.29) is 11.9 Å². The van der Waals surface area contributed by atoms with Gasteiger partial charge < -0.3 is 4.74 Å². The van der Waals surface area contributed by atoms with Crippen LogP contribution in [0.4, 0.5) is 0 Å². The molecule has 0 heterocycles. The first kappa shape index (κ1) is 16.2. The standard InChI is InChI=1S/C17H16Br2O2/c1-10(2)14-9-13(18)6-7-16(14)21-17(20)12-5-4-11(3)15(19)8-12/h4-10H,1-3H3. The highest BCUT2D eigenvalue weighted by atomic mass is 79.9. The number of carbonyl (C=O) groups excluding carboxylic acids is 1. The smallest absolute Gasteiger partial charge is 0.343 e. The van der Waals surface area contributed by atoms with Crippen molar-refractivity contribution in [2.24, 2.45) is 0 Å². The van der Waals surface area contributed by atoms with Gasteiger partial charge in [0.05, 0.1) is 5.56 Å². The van der Waals surface area contributed by atoms with E-state index in [4.69, 9.17) is 4.74 Å². The quantitative estimate of drug-likeness (QED) is 0.466. The van der Waals surface area contributed by atoms with Gasteiger partial charge in [0.15, 0.2) is 0 Å². The molecule has 0 radical (unpaired) electrons. The minimum Gasteiger partial charge on any atom is -0.423 e. The summed E-state index contributed by atoms with van der Waals surface area (Å²) in [5.41, 5.74) is 2.62. The van der Waals surface area contributed by atoms with Crippen molar-refractivity contribution in [3.63, 3.8) is 0 Å². The summed E-state index contributed by atoms with van der Waals surface area (Å²) in [7, 11) is 0. The third kappa shape index (κ3) is 3.95. The normalized spacial score (nSPS) is 10.8. The predicted molar refractivity (Wildman–Crippen MR) is 92.1 cm³/mol. The Balaban J connectivity index is 2.29. The van der Waals surface area contributed by atoms with E-state index in [1.54, 1.807) is 12.1 Å². The van der Waals surface area contributed by atoms with Gasteiger partial charge in [0.25, 0.3) is 0 Å². The van der Waals surface area contributed by atoms with Gasteiger partial charge in [-0.05, 0) is 54.3 Å². The van der Waals surface area contributed by atoms with Crippen molar-refractivity contribution < 1.29 is 9.53 Å². The number of carbonyl (C=O) groups is 1. The molecule has 0 aromatic heterocycles. The molecule has 2 rings (SSSR count). The van der Waals surface area contributed by atoms with Crippen LogP contribution in [0.25, 0.3) is 0 Å². The van der Waals surface area contributed by atoms with Crippen LogP contribution in [0.3, 0.4) is 0 Å². The van der Waals surface area contributed by atoms with Gasteiger partial charge in [0.2, 0.25) is 0 Å². The third-order valence-electron chi connectivity index (χ3n) is 3.20. The van der Waals surface area contributed by atoms with E-state index in [9.17, 15) is 4.79 Å². The summed E-state index contributed by atoms with van der Waals surface area (Å²) in [5.74, 6) is 0.532. The number of esters is 1. The second kappa shape index (κ2) is 6.75. The Morgan fingerprint density at radius 1 is 1.10 bits per heavy atom. The summed E-state index contributed by atoms with van der Waals surface area (Å²) in [6.07, 6.45) is 0. The lowest BCUT2D eigenvalue weighted by Gasteiger charge is -2.13. The van der Waals surface area contributed by atoms with Crippen LogP contribution in [-0.2, 0) is 0 Å². The van der Waals surface area contributed by atoms with E-state index in [2.05, 4.69) is 45.7 Å². The molecule has 2 aromatic carbocycles. The molecule has 0 unspecified atom stereocenters. The molecular weight excluding hydrogens is 396 g/mol. The number of aryl methyl sites for hydroxylation is 1. The number of benzene rings is 2. The topological polar surface area (TPSA) is 26.3 Å². The fraction of sp³-hybridized carbons (Fsp3) is 0.235. The molecule has 2 aromatic rings. The number of rotatable bonds is 3. The van der Waals surface area contributed by atoms with E-state index in [1.807, 2.05) is 31.2 Å². The van der Waals surface area contributed by atoms with Crippen LogP contribution in [-0.4, -0.2) is 5.97 Å². The SMILES string of the molecule is Cc1ccc(C(=O)Oc2ccc(Br)cc2C(C)C)cc1Br. The first-order valence-electron chi connectivity index (χ1n) is 6.66. The molecule has 110 valence electrons. The highest BCUT2D eigenvalue weighted by Crippen LogP contribution is 2.30. The maximum absolute atomic E-state index is 12.3. The van der Waals surface area contributed by atoms with Crippen LogP contribution in [0.2, 0.25) is 0 Å². The van der Waals surface area contributed by atoms with E-state index in [0.717, 1.165) is 20.1 Å². The molecule has 0 N–H and O–H groups in total. The Hall–Kier alpha value is -1.13. The summed E-state index contributed by atoms with van der Waals surface area (Å²) in [6, 6.07) is 11.1. The Kier molecular flexibility index (Phi) is 5.22. The van der Waals surface area contributed by atoms with Gasteiger partial charge in [-0.25, -0.2) is 4.79 Å². The maximum atomic E-state index is 12.3. The first-order chi connectivity index (χ1) is 9.88. The highest BCUT2D eigenvalue weighted by molar-refractivity contribution is 9.10. The second-order valence-electron chi connectivity index (χ2n) is 5.19. The van der Waals surface area contributed by atoms with Crippen LogP contribution in [0.1, 0.15) is 41.3 Å². The Bertz CT molecular complexity index is 678. The third-order valence-corrected chi connectivity index (χ3v) is 4.55. The molecule has 0 aliphatic heterocycles. The Morgan fingerprint density at radius 3 is 2.43 bits per heavy atom. The monoisotopic (exact) mass is 410 g/mol. The Morgan fingerprint density at radius 2 is 1.81 bits per heavy atom. The molecule has 0 bridgehead atoms. The van der Waals surface area contributed by atoms with Crippen LogP contribution >= 0.6 is 31.9 Å². The minimum absolute atomic E-state index is 0.273. The van der Waals surface area contributed by atoms with Gasteiger partial charge in [-0.3, -0.25) is 0 Å². The lowest BCUT2D eigenvalue weighted by Crippen LogP contribution is -2.10. The molecule has 21 heavy (non-hydrogen) atoms. The van der Waals surface area contributed by atoms with E-state index in [0.29, 0.717) is 11.3 Å². The molecule has 0 fully saturated rings. The molecular formula is C17H16Br2O2. The van der Waals surface area contributed by atoms with Crippen molar-refractivity contribution in [3.8, 4) is 5.75 Å². The first-order valence-corrected chi connectivity index (χ1v) is 8.25. The summed E-state index contributed by atoms with van der Waals surface area (Å²) in [4.78, 5) is 12.3. The zero-order valence-electron chi connectivity index (χ0n) is 12.1. The summed E-state index contributed by atoms with van der Waals surface area (Å²) >= 11 is 6.88. The second-order valence-corrected chi connectivity index (χ2v) is 6.96. The number of hydrogen-bond acceptors (Lipinski definition) is 2. The molecule has 0 saturated heterocycles. The fourth-order valence-electron chi connectivity index (χ4n) is 1.94. The maximum Gasteiger partial charge on any atom is 0.343 e. The van der Waals surface area contributed by atoms with E-state index < -0.39 is 0 Å². The van der Waals surface area contributed by atoms with Gasteiger partial charge in [0.1, 0.15) is 5.75 Å². The molecule has 0 atom stereocenters. The lowest BCUT2D eigenvalue weighted by molar-refractivity contribution is 0.0732. The van der Waals surface area contributed by atoms with Crippen molar-refractivity contribution in [1.29, 1.82) is 0 Å². The zero-order valence-corrected chi connectivity index (χ0v) is 15.3. The average molecular weight is 412 g/mol. The Labute approximate surface area is 141 Å². The van der Waals surface area contributed by atoms with Gasteiger partial charge in [-0.15, -0.1) is 0 Å². The highest BCUT2D eigenvalue weighted by Gasteiger charge is 2.14. The van der Waals surface area contributed by atoms with Crippen molar-refractivity contribution in [3.05, 3.63) is 62.0 Å². The van der Waals surface area contributed by atoms with Crippen LogP contribution in [0.15, 0.2) is 45.3 Å². The molecule has 0 amide bonds. The summed E-state index contributed by atoms with van der Waals surface area (Å²) < 4.78 is 7.44. The van der Waals surface area contributed by atoms with Crippen molar-refractivity contribution in [1.82, 2.24) is 0 Å². The average Bonchev–Trinajstić information content (AvgIpc) is 2.43. The molecule has 2 nitrogen and oxygen atoms in total. The van der Waals surface area contributed by atoms with Crippen LogP contribution in [0.5, 0.6) is 5.75 Å². The molecule has 0 saturated carbocycles. The largest absolute Gasteiger partial charge is 0.423 e. The number of halogens is 2. The zero-order chi connectivity index (χ0) is 15.6. The molecule has 4 heteroatoms. The minimum atomic E-state index is -0.347. The van der Waals surface area contributed by atoms with E-state index >= 15 is 0 Å². The van der Waals surface area contributed by atoms with Crippen molar-refractivity contribution >= 4 is 37.8 Å². The predicted octanol–water partition coefficient (Wildman–Crippen LogP) is 5.86. The van der Waals surface area contributed by atoms with Crippen LogP contribution in [0, 0.1) is 6.92 Å². The molecule has 0 spiro atoms. The molecule has 0 aliphatic carbocycles. The van der Waals surface area contributed by atoms with Gasteiger partial charge in [-0.1, -0.05) is 51.8 Å². The molecule has 0 aliphatic rings. The van der Waals surface area contributed by atoms with Crippen LogP contribution < -0.4 is 4.74 Å². The summed E-state index contributed by atoms with van der Waals surface area (Å²) in [5, 5.41) is 0. The van der Waals surface area contributed by atoms with E-state index in [1.165, 1.54) is 0 Å².